The largest absolute Gasteiger partial charge is 0.396 e. The van der Waals surface area contributed by atoms with E-state index in [2.05, 4.69) is 29.5 Å². The molecule has 0 radical (unpaired) electrons. The van der Waals surface area contributed by atoms with Gasteiger partial charge in [0.15, 0.2) is 0 Å². The highest BCUT2D eigenvalue weighted by atomic mass is 16.3. The minimum absolute atomic E-state index is 0.298. The quantitative estimate of drug-likeness (QED) is 0.919. The first-order chi connectivity index (χ1) is 9.67. The van der Waals surface area contributed by atoms with Gasteiger partial charge in [-0.3, -0.25) is 0 Å². The summed E-state index contributed by atoms with van der Waals surface area (Å²) in [6.07, 6.45) is 6.85. The van der Waals surface area contributed by atoms with Gasteiger partial charge in [0.1, 0.15) is 5.82 Å². The van der Waals surface area contributed by atoms with Gasteiger partial charge in [0.05, 0.1) is 5.69 Å². The molecule has 1 fully saturated rings. The lowest BCUT2D eigenvalue weighted by molar-refractivity contribution is 0.166. The number of aliphatic hydroxyl groups excluding tert-OH is 1. The Labute approximate surface area is 121 Å². The maximum absolute atomic E-state index is 9.32. The van der Waals surface area contributed by atoms with E-state index >= 15 is 0 Å². The van der Waals surface area contributed by atoms with Crippen LogP contribution in [0.15, 0.2) is 6.20 Å². The third kappa shape index (κ3) is 2.77. The fourth-order valence-corrected chi connectivity index (χ4v) is 3.58. The molecule has 0 aliphatic carbocycles. The average molecular weight is 277 g/mol. The minimum atomic E-state index is 0.298. The zero-order valence-corrected chi connectivity index (χ0v) is 12.8. The van der Waals surface area contributed by atoms with E-state index in [1.54, 1.807) is 0 Å². The second-order valence-corrected chi connectivity index (χ2v) is 6.74. The van der Waals surface area contributed by atoms with Gasteiger partial charge in [0, 0.05) is 44.3 Å². The highest BCUT2D eigenvalue weighted by Gasteiger charge is 2.27. The summed E-state index contributed by atoms with van der Waals surface area (Å²) in [5.74, 6) is 2.19. The molecule has 4 heteroatoms. The van der Waals surface area contributed by atoms with Gasteiger partial charge in [0.2, 0.25) is 0 Å². The van der Waals surface area contributed by atoms with Crippen LogP contribution in [0.3, 0.4) is 0 Å². The van der Waals surface area contributed by atoms with Crippen molar-refractivity contribution in [3.63, 3.8) is 0 Å². The Bertz CT molecular complexity index is 455. The first kappa shape index (κ1) is 14.1. The standard InChI is InChI=1S/C16H27N3O/c1-12(2)18-6-3-4-14(9-18)15-10-19-7-5-13(11-20)8-16(19)17-15/h10,12-14,20H,3-9,11H2,1-2H3. The Balaban J connectivity index is 1.73. The molecular formula is C16H27N3O. The number of aromatic nitrogens is 2. The van der Waals surface area contributed by atoms with Gasteiger partial charge in [-0.25, -0.2) is 4.98 Å². The number of likely N-dealkylation sites (tertiary alicyclic amines) is 1. The molecular weight excluding hydrogens is 250 g/mol. The summed E-state index contributed by atoms with van der Waals surface area (Å²) in [6, 6.07) is 0.633. The van der Waals surface area contributed by atoms with Crippen molar-refractivity contribution in [2.45, 2.75) is 58.0 Å². The first-order valence-electron chi connectivity index (χ1n) is 8.08. The lowest BCUT2D eigenvalue weighted by Crippen LogP contribution is -2.39. The van der Waals surface area contributed by atoms with Crippen LogP contribution >= 0.6 is 0 Å². The summed E-state index contributed by atoms with van der Waals surface area (Å²) in [6.45, 7) is 8.27. The molecule has 3 heterocycles. The molecule has 1 aromatic rings. The van der Waals surface area contributed by atoms with Crippen molar-refractivity contribution in [3.8, 4) is 0 Å². The Morgan fingerprint density at radius 3 is 2.95 bits per heavy atom. The third-order valence-electron chi connectivity index (χ3n) is 4.99. The van der Waals surface area contributed by atoms with E-state index in [-0.39, 0.29) is 0 Å². The smallest absolute Gasteiger partial charge is 0.109 e. The second-order valence-electron chi connectivity index (χ2n) is 6.74. The van der Waals surface area contributed by atoms with Crippen LogP contribution < -0.4 is 0 Å². The molecule has 2 aliphatic heterocycles. The van der Waals surface area contributed by atoms with Crippen LogP contribution in [-0.2, 0) is 13.0 Å². The molecule has 0 amide bonds. The summed E-state index contributed by atoms with van der Waals surface area (Å²) in [5, 5.41) is 9.32. The van der Waals surface area contributed by atoms with Crippen LogP contribution in [0, 0.1) is 5.92 Å². The number of hydrogen-bond acceptors (Lipinski definition) is 3. The van der Waals surface area contributed by atoms with E-state index in [0.717, 1.165) is 25.9 Å². The number of hydrogen-bond donors (Lipinski definition) is 1. The zero-order chi connectivity index (χ0) is 14.1. The summed E-state index contributed by atoms with van der Waals surface area (Å²) in [5.41, 5.74) is 1.28. The molecule has 2 atom stereocenters. The Morgan fingerprint density at radius 1 is 1.35 bits per heavy atom. The lowest BCUT2D eigenvalue weighted by atomic mass is 9.94. The molecule has 4 nitrogen and oxygen atoms in total. The number of nitrogens with zero attached hydrogens (tertiary/aromatic N) is 3. The molecule has 0 saturated carbocycles. The molecule has 3 rings (SSSR count). The van der Waals surface area contributed by atoms with Crippen LogP contribution in [0.2, 0.25) is 0 Å². The van der Waals surface area contributed by atoms with E-state index in [4.69, 9.17) is 4.98 Å². The topological polar surface area (TPSA) is 41.3 Å². The molecule has 0 spiro atoms. The SMILES string of the molecule is CC(C)N1CCCC(c2cn3c(n2)CC(CO)CC3)C1. The predicted octanol–water partition coefficient (Wildman–Crippen LogP) is 2.03. The van der Waals surface area contributed by atoms with Crippen molar-refractivity contribution in [2.75, 3.05) is 19.7 Å². The van der Waals surface area contributed by atoms with Gasteiger partial charge in [0.25, 0.3) is 0 Å². The second kappa shape index (κ2) is 5.86. The van der Waals surface area contributed by atoms with Crippen LogP contribution in [0.25, 0.3) is 0 Å². The van der Waals surface area contributed by atoms with Crippen molar-refractivity contribution in [3.05, 3.63) is 17.7 Å². The van der Waals surface area contributed by atoms with Crippen LogP contribution in [0.5, 0.6) is 0 Å². The fourth-order valence-electron chi connectivity index (χ4n) is 3.58. The normalized spacial score (nSPS) is 27.8. The van der Waals surface area contributed by atoms with Crippen molar-refractivity contribution < 1.29 is 5.11 Å². The third-order valence-corrected chi connectivity index (χ3v) is 4.99. The van der Waals surface area contributed by atoms with Gasteiger partial charge >= 0.3 is 0 Å². The van der Waals surface area contributed by atoms with E-state index in [1.165, 1.54) is 30.9 Å². The Morgan fingerprint density at radius 2 is 2.20 bits per heavy atom. The first-order valence-corrected chi connectivity index (χ1v) is 8.08. The van der Waals surface area contributed by atoms with E-state index in [1.807, 2.05) is 0 Å². The Hall–Kier alpha value is -0.870. The number of aliphatic hydroxyl groups is 1. The van der Waals surface area contributed by atoms with E-state index in [9.17, 15) is 5.11 Å². The molecule has 112 valence electrons. The molecule has 0 aromatic carbocycles. The van der Waals surface area contributed by atoms with Crippen molar-refractivity contribution in [2.24, 2.45) is 5.92 Å². The summed E-state index contributed by atoms with van der Waals surface area (Å²) >= 11 is 0. The maximum atomic E-state index is 9.32. The van der Waals surface area contributed by atoms with Crippen molar-refractivity contribution in [1.29, 1.82) is 0 Å². The van der Waals surface area contributed by atoms with Gasteiger partial charge in [-0.05, 0) is 45.6 Å². The lowest BCUT2D eigenvalue weighted by Gasteiger charge is -2.34. The van der Waals surface area contributed by atoms with Gasteiger partial charge < -0.3 is 14.6 Å². The van der Waals surface area contributed by atoms with Gasteiger partial charge in [-0.15, -0.1) is 0 Å². The molecule has 2 unspecified atom stereocenters. The molecule has 20 heavy (non-hydrogen) atoms. The molecule has 2 aliphatic rings. The predicted molar refractivity (Wildman–Crippen MR) is 79.8 cm³/mol. The van der Waals surface area contributed by atoms with Crippen molar-refractivity contribution >= 4 is 0 Å². The van der Waals surface area contributed by atoms with Crippen LogP contribution in [-0.4, -0.2) is 45.3 Å². The molecule has 1 saturated heterocycles. The van der Waals surface area contributed by atoms with Crippen LogP contribution in [0.1, 0.15) is 50.5 Å². The number of fused-ring (bicyclic) bond motifs is 1. The Kier molecular flexibility index (Phi) is 4.13. The van der Waals surface area contributed by atoms with Gasteiger partial charge in [-0.1, -0.05) is 0 Å². The minimum Gasteiger partial charge on any atom is -0.396 e. The number of imidazole rings is 1. The summed E-state index contributed by atoms with van der Waals surface area (Å²) < 4.78 is 2.32. The number of piperidine rings is 1. The molecule has 1 aromatic heterocycles. The maximum Gasteiger partial charge on any atom is 0.109 e. The fraction of sp³-hybridized carbons (Fsp3) is 0.812. The van der Waals surface area contributed by atoms with Gasteiger partial charge in [-0.2, -0.15) is 0 Å². The van der Waals surface area contributed by atoms with Crippen LogP contribution in [0.4, 0.5) is 0 Å². The average Bonchev–Trinajstić information content (AvgIpc) is 2.90. The highest BCUT2D eigenvalue weighted by Crippen LogP contribution is 2.29. The monoisotopic (exact) mass is 277 g/mol. The summed E-state index contributed by atoms with van der Waals surface area (Å²) in [4.78, 5) is 7.46. The van der Waals surface area contributed by atoms with E-state index < -0.39 is 0 Å². The zero-order valence-electron chi connectivity index (χ0n) is 12.8. The highest BCUT2D eigenvalue weighted by molar-refractivity contribution is 5.13. The molecule has 0 bridgehead atoms. The van der Waals surface area contributed by atoms with Crippen molar-refractivity contribution in [1.82, 2.24) is 14.5 Å². The number of rotatable bonds is 3. The summed E-state index contributed by atoms with van der Waals surface area (Å²) in [7, 11) is 0. The molecule has 1 N–H and O–H groups in total. The van der Waals surface area contributed by atoms with E-state index in [0.29, 0.717) is 24.5 Å². The number of aryl methyl sites for hydroxylation is 1.